The first-order valence-electron chi connectivity index (χ1n) is 12.6. The maximum Gasteiger partial charge on any atom is 0.274 e. The van der Waals surface area contributed by atoms with Crippen LogP contribution in [0.15, 0.2) is 66.9 Å². The average Bonchev–Trinajstić information content (AvgIpc) is 3.33. The first-order valence-corrected chi connectivity index (χ1v) is 13.4. The normalized spacial score (nSPS) is 21.0. The summed E-state index contributed by atoms with van der Waals surface area (Å²) in [5.41, 5.74) is 2.81. The summed E-state index contributed by atoms with van der Waals surface area (Å²) >= 11 is 1.56. The molecule has 3 fully saturated rings. The highest BCUT2D eigenvalue weighted by atomic mass is 32.1. The van der Waals surface area contributed by atoms with Crippen LogP contribution in [0.4, 0.5) is 0 Å². The van der Waals surface area contributed by atoms with E-state index in [1.807, 2.05) is 72.5 Å². The van der Waals surface area contributed by atoms with Gasteiger partial charge in [-0.1, -0.05) is 48.5 Å². The number of para-hydroxylation sites is 1. The molecule has 2 aromatic heterocycles. The highest BCUT2D eigenvalue weighted by molar-refractivity contribution is 7.15. The molecule has 1 atom stereocenters. The number of aromatic nitrogens is 2. The summed E-state index contributed by atoms with van der Waals surface area (Å²) in [5, 5.41) is 4.96. The van der Waals surface area contributed by atoms with Crippen molar-refractivity contribution < 1.29 is 9.59 Å². The Balaban J connectivity index is 1.28. The van der Waals surface area contributed by atoms with Gasteiger partial charge in [-0.25, -0.2) is 4.98 Å². The first-order chi connectivity index (χ1) is 17.6. The van der Waals surface area contributed by atoms with Crippen molar-refractivity contribution >= 4 is 34.1 Å². The molecule has 2 bridgehead atoms. The largest absolute Gasteiger partial charge is 0.350 e. The van der Waals surface area contributed by atoms with E-state index in [-0.39, 0.29) is 23.9 Å². The predicted octanol–water partition coefficient (Wildman–Crippen LogP) is 5.48. The third kappa shape index (κ3) is 4.07. The van der Waals surface area contributed by atoms with Crippen LogP contribution in [-0.4, -0.2) is 45.3 Å². The van der Waals surface area contributed by atoms with Gasteiger partial charge >= 0.3 is 0 Å². The second kappa shape index (κ2) is 9.47. The zero-order valence-corrected chi connectivity index (χ0v) is 21.0. The molecule has 182 valence electrons. The van der Waals surface area contributed by atoms with Gasteiger partial charge in [-0.3, -0.25) is 14.6 Å². The molecule has 2 aromatic carbocycles. The smallest absolute Gasteiger partial charge is 0.274 e. The van der Waals surface area contributed by atoms with E-state index >= 15 is 0 Å². The summed E-state index contributed by atoms with van der Waals surface area (Å²) in [6, 6.07) is 19.6. The van der Waals surface area contributed by atoms with Gasteiger partial charge in [-0.05, 0) is 56.2 Å². The number of carbonyl (C=O) groups is 2. The lowest BCUT2D eigenvalue weighted by molar-refractivity contribution is -0.00271. The molecule has 1 aliphatic carbocycles. The second-order valence-corrected chi connectivity index (χ2v) is 10.9. The third-order valence-electron chi connectivity index (χ3n) is 7.59. The second-order valence-electron chi connectivity index (χ2n) is 9.72. The number of pyridine rings is 1. The van der Waals surface area contributed by atoms with E-state index in [0.29, 0.717) is 29.2 Å². The van der Waals surface area contributed by atoms with Crippen LogP contribution in [0.3, 0.4) is 0 Å². The summed E-state index contributed by atoms with van der Waals surface area (Å²) in [4.78, 5) is 39.4. The van der Waals surface area contributed by atoms with E-state index in [1.165, 1.54) is 0 Å². The summed E-state index contributed by atoms with van der Waals surface area (Å²) in [6.45, 7) is 2.38. The molecule has 4 aromatic rings. The number of nitrogens with one attached hydrogen (secondary N) is 1. The van der Waals surface area contributed by atoms with Gasteiger partial charge in [-0.15, -0.1) is 11.3 Å². The van der Waals surface area contributed by atoms with E-state index in [1.54, 1.807) is 17.5 Å². The molecule has 0 spiro atoms. The number of fused-ring (bicyclic) bond motifs is 4. The van der Waals surface area contributed by atoms with Crippen molar-refractivity contribution in [1.29, 1.82) is 0 Å². The highest BCUT2D eigenvalue weighted by Gasteiger charge is 2.45. The molecule has 1 N–H and O–H groups in total. The maximum absolute atomic E-state index is 14.0. The zero-order valence-electron chi connectivity index (χ0n) is 20.2. The van der Waals surface area contributed by atoms with Crippen LogP contribution < -0.4 is 5.32 Å². The van der Waals surface area contributed by atoms with Gasteiger partial charge in [0.05, 0.1) is 27.0 Å². The SMILES string of the molecule is Cc1nc(C(=O)N2C(CNC(=O)c3cccc4cccnc34)[C@H]3CC[C@H]2CC3)c(-c2ccccc2)s1. The van der Waals surface area contributed by atoms with Crippen LogP contribution in [0.25, 0.3) is 21.3 Å². The average molecular weight is 497 g/mol. The Morgan fingerprint density at radius 1 is 1.00 bits per heavy atom. The topological polar surface area (TPSA) is 75.2 Å². The highest BCUT2D eigenvalue weighted by Crippen LogP contribution is 2.41. The molecule has 2 aliphatic heterocycles. The molecule has 3 aliphatic rings. The van der Waals surface area contributed by atoms with Crippen molar-refractivity contribution in [2.75, 3.05) is 6.54 Å². The number of benzene rings is 2. The monoisotopic (exact) mass is 496 g/mol. The molecule has 1 saturated carbocycles. The lowest BCUT2D eigenvalue weighted by Crippen LogP contribution is -2.61. The van der Waals surface area contributed by atoms with Crippen LogP contribution >= 0.6 is 11.3 Å². The minimum Gasteiger partial charge on any atom is -0.350 e. The molecule has 7 heteroatoms. The standard InChI is InChI=1S/C29H28N4O2S/c1-18-32-26(27(36-18)21-7-3-2-4-8-21)29(35)33-22-14-12-19(13-15-22)24(33)17-31-28(34)23-11-5-9-20-10-6-16-30-25(20)23/h2-11,16,19,22,24H,12-15,17H2,1H3,(H,31,34)/t19-,22-,24?. The Morgan fingerprint density at radius 2 is 1.78 bits per heavy atom. The molecule has 0 radical (unpaired) electrons. The van der Waals surface area contributed by atoms with Gasteiger partial charge in [0.2, 0.25) is 0 Å². The van der Waals surface area contributed by atoms with Crippen LogP contribution in [0.2, 0.25) is 0 Å². The minimum atomic E-state index is -0.150. The molecule has 36 heavy (non-hydrogen) atoms. The Hall–Kier alpha value is -3.58. The fraction of sp³-hybridized carbons (Fsp3) is 0.310. The summed E-state index contributed by atoms with van der Waals surface area (Å²) in [6.07, 6.45) is 5.91. The first kappa shape index (κ1) is 22.9. The molecule has 1 unspecified atom stereocenters. The van der Waals surface area contributed by atoms with E-state index in [9.17, 15) is 9.59 Å². The van der Waals surface area contributed by atoms with Gasteiger partial charge in [0, 0.05) is 24.2 Å². The lowest BCUT2D eigenvalue weighted by atomic mass is 9.74. The van der Waals surface area contributed by atoms with Crippen molar-refractivity contribution in [3.8, 4) is 10.4 Å². The fourth-order valence-corrected chi connectivity index (χ4v) is 6.82. The van der Waals surface area contributed by atoms with Crippen molar-refractivity contribution in [1.82, 2.24) is 20.2 Å². The summed E-state index contributed by atoms with van der Waals surface area (Å²) in [7, 11) is 0. The molecule has 7 rings (SSSR count). The van der Waals surface area contributed by atoms with E-state index in [2.05, 4.69) is 15.3 Å². The number of hydrogen-bond donors (Lipinski definition) is 1. The van der Waals surface area contributed by atoms with Crippen molar-refractivity contribution in [3.05, 3.63) is 83.1 Å². The van der Waals surface area contributed by atoms with Crippen LogP contribution in [0.1, 0.15) is 51.5 Å². The minimum absolute atomic E-state index is 0.0151. The predicted molar refractivity (Wildman–Crippen MR) is 142 cm³/mol. The number of piperidine rings is 2. The number of thiazole rings is 1. The van der Waals surface area contributed by atoms with Crippen LogP contribution in [0.5, 0.6) is 0 Å². The lowest BCUT2D eigenvalue weighted by Gasteiger charge is -2.51. The Labute approximate surface area is 214 Å². The molecule has 2 saturated heterocycles. The Bertz CT molecular complexity index is 1420. The van der Waals surface area contributed by atoms with Gasteiger partial charge < -0.3 is 10.2 Å². The number of rotatable bonds is 5. The molecule has 4 heterocycles. The number of carbonyl (C=O) groups excluding carboxylic acids is 2. The van der Waals surface area contributed by atoms with Gasteiger partial charge in [0.25, 0.3) is 11.8 Å². The van der Waals surface area contributed by atoms with E-state index in [4.69, 9.17) is 0 Å². The fourth-order valence-electron chi connectivity index (χ4n) is 5.90. The van der Waals surface area contributed by atoms with Gasteiger partial charge in [-0.2, -0.15) is 0 Å². The maximum atomic E-state index is 14.0. The Morgan fingerprint density at radius 3 is 2.58 bits per heavy atom. The number of aryl methyl sites for hydroxylation is 1. The third-order valence-corrected chi connectivity index (χ3v) is 8.61. The van der Waals surface area contributed by atoms with Crippen LogP contribution in [-0.2, 0) is 0 Å². The molecule has 6 nitrogen and oxygen atoms in total. The molecular formula is C29H28N4O2S. The quantitative estimate of drug-likeness (QED) is 0.397. The number of nitrogens with zero attached hydrogens (tertiary/aromatic N) is 3. The van der Waals surface area contributed by atoms with E-state index in [0.717, 1.165) is 46.5 Å². The van der Waals surface area contributed by atoms with Gasteiger partial charge in [0.1, 0.15) is 5.69 Å². The summed E-state index contributed by atoms with van der Waals surface area (Å²) in [5.74, 6) is 0.214. The number of hydrogen-bond acceptors (Lipinski definition) is 5. The van der Waals surface area contributed by atoms with Crippen molar-refractivity contribution in [2.45, 2.75) is 44.7 Å². The zero-order chi connectivity index (χ0) is 24.6. The van der Waals surface area contributed by atoms with Crippen LogP contribution in [0, 0.1) is 12.8 Å². The van der Waals surface area contributed by atoms with Crippen molar-refractivity contribution in [3.63, 3.8) is 0 Å². The molecular weight excluding hydrogens is 468 g/mol. The summed E-state index contributed by atoms with van der Waals surface area (Å²) < 4.78 is 0. The Kier molecular flexibility index (Phi) is 6.01. The van der Waals surface area contributed by atoms with Crippen molar-refractivity contribution in [2.24, 2.45) is 5.92 Å². The number of amides is 2. The van der Waals surface area contributed by atoms with Gasteiger partial charge in [0.15, 0.2) is 0 Å². The van der Waals surface area contributed by atoms with E-state index < -0.39 is 0 Å². The molecule has 2 amide bonds.